The molecule has 2 aliphatic rings. The lowest BCUT2D eigenvalue weighted by Crippen LogP contribution is -2.28. The summed E-state index contributed by atoms with van der Waals surface area (Å²) in [5, 5.41) is 2.50. The fourth-order valence-electron chi connectivity index (χ4n) is 3.25. The zero-order valence-corrected chi connectivity index (χ0v) is 15.7. The van der Waals surface area contributed by atoms with Crippen LogP contribution >= 0.6 is 11.8 Å². The first-order chi connectivity index (χ1) is 11.7. The van der Waals surface area contributed by atoms with Gasteiger partial charge in [0.1, 0.15) is 5.37 Å². The van der Waals surface area contributed by atoms with Crippen LogP contribution in [0.4, 0.5) is 0 Å². The van der Waals surface area contributed by atoms with E-state index >= 15 is 0 Å². The average Bonchev–Trinajstić information content (AvgIpc) is 3.24. The van der Waals surface area contributed by atoms with E-state index in [4.69, 9.17) is 9.47 Å². The molecule has 0 N–H and O–H groups in total. The number of nitrogens with zero attached hydrogens (tertiary/aromatic N) is 2. The first-order valence-electron chi connectivity index (χ1n) is 8.74. The third kappa shape index (κ3) is 4.19. The molecule has 132 valence electrons. The number of methoxy groups -OCH3 is 1. The molecule has 1 aromatic carbocycles. The zero-order valence-electron chi connectivity index (χ0n) is 14.9. The maximum absolute atomic E-state index is 6.25. The lowest BCUT2D eigenvalue weighted by atomic mass is 10.1. The van der Waals surface area contributed by atoms with Gasteiger partial charge in [0, 0.05) is 19.3 Å². The van der Waals surface area contributed by atoms with Crippen LogP contribution in [0.5, 0.6) is 11.5 Å². The Morgan fingerprint density at radius 2 is 2.00 bits per heavy atom. The van der Waals surface area contributed by atoms with Gasteiger partial charge in [-0.25, -0.2) is 0 Å². The largest absolute Gasteiger partial charge is 0.493 e. The summed E-state index contributed by atoms with van der Waals surface area (Å²) in [6, 6.07) is 6.38. The SMILES string of the molecule is COc1ccc(C2SC=CN2CCN(C)C)cc1OC1CCCC1. The Labute approximate surface area is 149 Å². The second-order valence-electron chi connectivity index (χ2n) is 6.75. The number of hydrogen-bond acceptors (Lipinski definition) is 5. The predicted molar refractivity (Wildman–Crippen MR) is 101 cm³/mol. The second kappa shape index (κ2) is 8.17. The van der Waals surface area contributed by atoms with Crippen LogP contribution in [0.1, 0.15) is 36.6 Å². The first kappa shape index (κ1) is 17.5. The molecule has 1 saturated carbocycles. The van der Waals surface area contributed by atoms with Gasteiger partial charge in [0.25, 0.3) is 0 Å². The smallest absolute Gasteiger partial charge is 0.161 e. The van der Waals surface area contributed by atoms with E-state index in [2.05, 4.69) is 47.6 Å². The molecular weight excluding hydrogens is 320 g/mol. The second-order valence-corrected chi connectivity index (χ2v) is 7.74. The van der Waals surface area contributed by atoms with Crippen LogP contribution in [-0.4, -0.2) is 50.2 Å². The molecule has 1 aliphatic heterocycles. The highest BCUT2D eigenvalue weighted by molar-refractivity contribution is 8.02. The van der Waals surface area contributed by atoms with Gasteiger partial charge in [-0.15, -0.1) is 11.8 Å². The van der Waals surface area contributed by atoms with Gasteiger partial charge in [-0.2, -0.15) is 0 Å². The third-order valence-electron chi connectivity index (χ3n) is 4.64. The molecular formula is C19H28N2O2S. The van der Waals surface area contributed by atoms with Gasteiger partial charge in [-0.05, 0) is 62.9 Å². The summed E-state index contributed by atoms with van der Waals surface area (Å²) in [5.41, 5.74) is 1.28. The van der Waals surface area contributed by atoms with Gasteiger partial charge < -0.3 is 19.3 Å². The molecule has 5 heteroatoms. The standard InChI is InChI=1S/C19H28N2O2S/c1-20(2)10-11-21-12-13-24-19(21)15-8-9-17(22-3)18(14-15)23-16-6-4-5-7-16/h8-9,12-14,16,19H,4-7,10-11H2,1-3H3. The molecule has 1 aromatic rings. The number of likely N-dealkylation sites (N-methyl/N-ethyl adjacent to an activating group) is 1. The normalized spacial score (nSPS) is 21.0. The topological polar surface area (TPSA) is 24.9 Å². The minimum absolute atomic E-state index is 0.321. The third-order valence-corrected chi connectivity index (χ3v) is 5.71. The summed E-state index contributed by atoms with van der Waals surface area (Å²) in [4.78, 5) is 4.61. The van der Waals surface area contributed by atoms with Crippen molar-refractivity contribution in [2.24, 2.45) is 0 Å². The lowest BCUT2D eigenvalue weighted by Gasteiger charge is -2.27. The van der Waals surface area contributed by atoms with E-state index in [0.717, 1.165) is 37.4 Å². The Bertz CT molecular complexity index is 570. The summed E-state index contributed by atoms with van der Waals surface area (Å²) in [7, 11) is 5.94. The molecule has 3 rings (SSSR count). The van der Waals surface area contributed by atoms with Crippen LogP contribution in [0.3, 0.4) is 0 Å². The van der Waals surface area contributed by atoms with Crippen molar-refractivity contribution in [3.8, 4) is 11.5 Å². The number of benzene rings is 1. The van der Waals surface area contributed by atoms with E-state index in [9.17, 15) is 0 Å². The van der Waals surface area contributed by atoms with Gasteiger partial charge in [0.05, 0.1) is 13.2 Å². The highest BCUT2D eigenvalue weighted by Gasteiger charge is 2.24. The molecule has 1 atom stereocenters. The van der Waals surface area contributed by atoms with Crippen molar-refractivity contribution in [2.45, 2.75) is 37.2 Å². The Kier molecular flexibility index (Phi) is 5.95. The van der Waals surface area contributed by atoms with Crippen molar-refractivity contribution in [3.63, 3.8) is 0 Å². The highest BCUT2D eigenvalue weighted by Crippen LogP contribution is 2.42. The Morgan fingerprint density at radius 3 is 2.71 bits per heavy atom. The molecule has 24 heavy (non-hydrogen) atoms. The van der Waals surface area contributed by atoms with Crippen molar-refractivity contribution < 1.29 is 9.47 Å². The quantitative estimate of drug-likeness (QED) is 0.739. The van der Waals surface area contributed by atoms with E-state index < -0.39 is 0 Å². The van der Waals surface area contributed by atoms with Gasteiger partial charge >= 0.3 is 0 Å². The number of thioether (sulfide) groups is 1. The van der Waals surface area contributed by atoms with Crippen LogP contribution in [0.2, 0.25) is 0 Å². The molecule has 1 fully saturated rings. The van der Waals surface area contributed by atoms with Crippen molar-refractivity contribution >= 4 is 11.8 Å². The van der Waals surface area contributed by atoms with Gasteiger partial charge in [0.15, 0.2) is 11.5 Å². The van der Waals surface area contributed by atoms with Gasteiger partial charge in [-0.1, -0.05) is 6.07 Å². The lowest BCUT2D eigenvalue weighted by molar-refractivity contribution is 0.200. The minimum atomic E-state index is 0.321. The Balaban J connectivity index is 1.74. The number of hydrogen-bond donors (Lipinski definition) is 0. The van der Waals surface area contributed by atoms with Crippen molar-refractivity contribution in [1.82, 2.24) is 9.80 Å². The van der Waals surface area contributed by atoms with E-state index in [1.165, 1.54) is 18.4 Å². The summed E-state index contributed by atoms with van der Waals surface area (Å²) >= 11 is 1.85. The average molecular weight is 349 g/mol. The first-order valence-corrected chi connectivity index (χ1v) is 9.69. The van der Waals surface area contributed by atoms with E-state index in [0.29, 0.717) is 11.5 Å². The molecule has 4 nitrogen and oxygen atoms in total. The molecule has 0 spiro atoms. The monoisotopic (exact) mass is 348 g/mol. The fourth-order valence-corrected chi connectivity index (χ4v) is 4.26. The molecule has 1 unspecified atom stereocenters. The Morgan fingerprint density at radius 1 is 1.21 bits per heavy atom. The summed E-state index contributed by atoms with van der Waals surface area (Å²) in [6.45, 7) is 2.06. The Hall–Kier alpha value is -1.33. The van der Waals surface area contributed by atoms with Crippen LogP contribution in [0, 0.1) is 0 Å². The predicted octanol–water partition coefficient (Wildman–Crippen LogP) is 4.10. The van der Waals surface area contributed by atoms with Crippen LogP contribution in [0.25, 0.3) is 0 Å². The summed E-state index contributed by atoms with van der Waals surface area (Å²) in [5.74, 6) is 1.73. The molecule has 0 aromatic heterocycles. The summed E-state index contributed by atoms with van der Waals surface area (Å²) in [6.07, 6.45) is 7.39. The van der Waals surface area contributed by atoms with Gasteiger partial charge in [0.2, 0.25) is 0 Å². The molecule has 0 bridgehead atoms. The van der Waals surface area contributed by atoms with Crippen molar-refractivity contribution in [2.75, 3.05) is 34.3 Å². The van der Waals surface area contributed by atoms with Crippen LogP contribution in [0.15, 0.2) is 29.8 Å². The zero-order chi connectivity index (χ0) is 16.9. The molecule has 1 heterocycles. The number of ether oxygens (including phenoxy) is 2. The maximum atomic E-state index is 6.25. The van der Waals surface area contributed by atoms with Gasteiger partial charge in [-0.3, -0.25) is 0 Å². The molecule has 0 saturated heterocycles. The van der Waals surface area contributed by atoms with Crippen molar-refractivity contribution in [1.29, 1.82) is 0 Å². The van der Waals surface area contributed by atoms with E-state index in [-0.39, 0.29) is 0 Å². The van der Waals surface area contributed by atoms with E-state index in [1.54, 1.807) is 7.11 Å². The van der Waals surface area contributed by atoms with Crippen LogP contribution < -0.4 is 9.47 Å². The molecule has 0 amide bonds. The highest BCUT2D eigenvalue weighted by atomic mass is 32.2. The molecule has 1 aliphatic carbocycles. The molecule has 0 radical (unpaired) electrons. The summed E-state index contributed by atoms with van der Waals surface area (Å²) < 4.78 is 11.8. The van der Waals surface area contributed by atoms with Crippen LogP contribution in [-0.2, 0) is 0 Å². The minimum Gasteiger partial charge on any atom is -0.493 e. The maximum Gasteiger partial charge on any atom is 0.161 e. The fraction of sp³-hybridized carbons (Fsp3) is 0.579. The van der Waals surface area contributed by atoms with Crippen molar-refractivity contribution in [3.05, 3.63) is 35.4 Å². The number of rotatable bonds is 7. The van der Waals surface area contributed by atoms with E-state index in [1.807, 2.05) is 17.8 Å².